The molecule has 2 atom stereocenters. The van der Waals surface area contributed by atoms with Crippen molar-refractivity contribution in [1.82, 2.24) is 5.32 Å². The monoisotopic (exact) mass is 375 g/mol. The molecule has 0 saturated carbocycles. The first kappa shape index (κ1) is 21.5. The van der Waals surface area contributed by atoms with Crippen molar-refractivity contribution in [2.45, 2.75) is 38.9 Å². The molecule has 0 heterocycles. The summed E-state index contributed by atoms with van der Waals surface area (Å²) < 4.78 is 42.8. The molecular weight excluding hydrogens is 355 g/mol. The van der Waals surface area contributed by atoms with Gasteiger partial charge in [0.25, 0.3) is 0 Å². The van der Waals surface area contributed by atoms with E-state index in [0.717, 1.165) is 12.1 Å². The maximum Gasteiger partial charge on any atom is 0.416 e. The minimum atomic E-state index is -4.54. The van der Waals surface area contributed by atoms with Gasteiger partial charge in [-0.1, -0.05) is 25.1 Å². The van der Waals surface area contributed by atoms with Crippen molar-refractivity contribution < 1.29 is 37.4 Å². The highest BCUT2D eigenvalue weighted by Gasteiger charge is 2.31. The quantitative estimate of drug-likeness (QED) is 0.681. The van der Waals surface area contributed by atoms with Gasteiger partial charge in [-0.2, -0.15) is 13.2 Å². The SMILES string of the molecule is CCOC(=O)[C@H](C)C[C@@H](NC(=O)Cc1cccc(C(F)(F)F)c1)C(=O)O. The van der Waals surface area contributed by atoms with Gasteiger partial charge >= 0.3 is 18.1 Å². The molecule has 1 rings (SSSR count). The number of esters is 1. The summed E-state index contributed by atoms with van der Waals surface area (Å²) in [5, 5.41) is 11.4. The third-order valence-electron chi connectivity index (χ3n) is 3.53. The number of hydrogen-bond acceptors (Lipinski definition) is 4. The van der Waals surface area contributed by atoms with Crippen LogP contribution in [-0.2, 0) is 31.7 Å². The number of carbonyl (C=O) groups is 3. The predicted molar refractivity (Wildman–Crippen MR) is 85.1 cm³/mol. The number of alkyl halides is 3. The Bertz CT molecular complexity index is 660. The number of amides is 1. The van der Waals surface area contributed by atoms with Gasteiger partial charge in [-0.15, -0.1) is 0 Å². The number of hydrogen-bond donors (Lipinski definition) is 2. The lowest BCUT2D eigenvalue weighted by Crippen LogP contribution is -2.43. The van der Waals surface area contributed by atoms with E-state index in [2.05, 4.69) is 5.32 Å². The Morgan fingerprint density at radius 1 is 1.27 bits per heavy atom. The summed E-state index contributed by atoms with van der Waals surface area (Å²) in [7, 11) is 0. The lowest BCUT2D eigenvalue weighted by atomic mass is 10.0. The Balaban J connectivity index is 2.74. The molecule has 26 heavy (non-hydrogen) atoms. The Morgan fingerprint density at radius 2 is 1.92 bits per heavy atom. The summed E-state index contributed by atoms with van der Waals surface area (Å²) in [4.78, 5) is 34.8. The van der Waals surface area contributed by atoms with Gasteiger partial charge in [-0.25, -0.2) is 4.79 Å². The summed E-state index contributed by atoms with van der Waals surface area (Å²) in [6.45, 7) is 3.21. The molecule has 0 radical (unpaired) electrons. The molecule has 1 amide bonds. The first-order chi connectivity index (χ1) is 12.0. The van der Waals surface area contributed by atoms with Crippen LogP contribution >= 0.6 is 0 Å². The number of rotatable bonds is 8. The van der Waals surface area contributed by atoms with Crippen LogP contribution < -0.4 is 5.32 Å². The molecule has 0 spiro atoms. The summed E-state index contributed by atoms with van der Waals surface area (Å²) in [6, 6.07) is 2.86. The lowest BCUT2D eigenvalue weighted by molar-refractivity contribution is -0.149. The Morgan fingerprint density at radius 3 is 2.46 bits per heavy atom. The fraction of sp³-hybridized carbons (Fsp3) is 0.471. The van der Waals surface area contributed by atoms with E-state index < -0.39 is 48.0 Å². The highest BCUT2D eigenvalue weighted by molar-refractivity contribution is 5.85. The zero-order valence-corrected chi connectivity index (χ0v) is 14.3. The maximum atomic E-state index is 12.7. The van der Waals surface area contributed by atoms with Gasteiger partial charge < -0.3 is 15.2 Å². The third kappa shape index (κ3) is 6.73. The van der Waals surface area contributed by atoms with E-state index in [9.17, 15) is 32.7 Å². The summed E-state index contributed by atoms with van der Waals surface area (Å²) in [5.74, 6) is -3.46. The van der Waals surface area contributed by atoms with Crippen LogP contribution in [0.1, 0.15) is 31.4 Å². The fourth-order valence-electron chi connectivity index (χ4n) is 2.24. The Kier molecular flexibility index (Phi) is 7.60. The first-order valence-corrected chi connectivity index (χ1v) is 7.89. The number of halogens is 3. The number of aliphatic carboxylic acids is 1. The number of carbonyl (C=O) groups excluding carboxylic acids is 2. The molecule has 144 valence electrons. The Hall–Kier alpha value is -2.58. The minimum absolute atomic E-state index is 0.0971. The van der Waals surface area contributed by atoms with Crippen molar-refractivity contribution in [3.05, 3.63) is 35.4 Å². The molecule has 0 saturated heterocycles. The van der Waals surface area contributed by atoms with Gasteiger partial charge in [0, 0.05) is 0 Å². The van der Waals surface area contributed by atoms with Gasteiger partial charge in [0.05, 0.1) is 24.5 Å². The van der Waals surface area contributed by atoms with E-state index in [0.29, 0.717) is 0 Å². The van der Waals surface area contributed by atoms with Crippen molar-refractivity contribution in [1.29, 1.82) is 0 Å². The number of nitrogens with one attached hydrogen (secondary N) is 1. The maximum absolute atomic E-state index is 12.7. The van der Waals surface area contributed by atoms with Crippen LogP contribution in [0.3, 0.4) is 0 Å². The zero-order chi connectivity index (χ0) is 19.9. The number of carboxylic acid groups (broad SMARTS) is 1. The van der Waals surface area contributed by atoms with Gasteiger partial charge in [0.15, 0.2) is 0 Å². The van der Waals surface area contributed by atoms with Gasteiger partial charge in [0.2, 0.25) is 5.91 Å². The number of benzene rings is 1. The second kappa shape index (κ2) is 9.21. The van der Waals surface area contributed by atoms with Crippen LogP contribution in [-0.4, -0.2) is 35.6 Å². The van der Waals surface area contributed by atoms with E-state index in [1.54, 1.807) is 6.92 Å². The standard InChI is InChI=1S/C17H20F3NO5/c1-3-26-16(25)10(2)7-13(15(23)24)21-14(22)9-11-5-4-6-12(8-11)17(18,19)20/h4-6,8,10,13H,3,7,9H2,1-2H3,(H,21,22)(H,23,24)/t10-,13-/m1/s1. The van der Waals surface area contributed by atoms with Crippen molar-refractivity contribution in [2.75, 3.05) is 6.61 Å². The molecule has 0 bridgehead atoms. The zero-order valence-electron chi connectivity index (χ0n) is 14.3. The minimum Gasteiger partial charge on any atom is -0.480 e. The molecule has 0 unspecified atom stereocenters. The second-order valence-electron chi connectivity index (χ2n) is 5.72. The van der Waals surface area contributed by atoms with E-state index in [1.807, 2.05) is 0 Å². The summed E-state index contributed by atoms with van der Waals surface area (Å²) in [5.41, 5.74) is -0.798. The molecular formula is C17H20F3NO5. The van der Waals surface area contributed by atoms with Crippen LogP contribution in [0.2, 0.25) is 0 Å². The summed E-state index contributed by atoms with van der Waals surface area (Å²) in [6.07, 6.45) is -5.14. The molecule has 0 aliphatic carbocycles. The van der Waals surface area contributed by atoms with E-state index in [-0.39, 0.29) is 18.6 Å². The van der Waals surface area contributed by atoms with Crippen molar-refractivity contribution in [3.8, 4) is 0 Å². The molecule has 0 aromatic heterocycles. The molecule has 2 N–H and O–H groups in total. The number of carboxylic acids is 1. The third-order valence-corrected chi connectivity index (χ3v) is 3.53. The Labute approximate surface area is 148 Å². The van der Waals surface area contributed by atoms with E-state index in [1.165, 1.54) is 19.1 Å². The van der Waals surface area contributed by atoms with Crippen LogP contribution in [0.25, 0.3) is 0 Å². The van der Waals surface area contributed by atoms with Crippen LogP contribution in [0.4, 0.5) is 13.2 Å². The van der Waals surface area contributed by atoms with Crippen molar-refractivity contribution >= 4 is 17.8 Å². The summed E-state index contributed by atoms with van der Waals surface area (Å²) >= 11 is 0. The average Bonchev–Trinajstić information content (AvgIpc) is 2.53. The fourth-order valence-corrected chi connectivity index (χ4v) is 2.24. The van der Waals surface area contributed by atoms with E-state index >= 15 is 0 Å². The molecule has 6 nitrogen and oxygen atoms in total. The van der Waals surface area contributed by atoms with Crippen LogP contribution in [0, 0.1) is 5.92 Å². The lowest BCUT2D eigenvalue weighted by Gasteiger charge is -2.18. The van der Waals surface area contributed by atoms with Crippen molar-refractivity contribution in [3.63, 3.8) is 0 Å². The first-order valence-electron chi connectivity index (χ1n) is 7.89. The smallest absolute Gasteiger partial charge is 0.416 e. The van der Waals surface area contributed by atoms with E-state index in [4.69, 9.17) is 4.74 Å². The normalized spacial score (nSPS) is 13.6. The molecule has 1 aromatic carbocycles. The number of ether oxygens (including phenoxy) is 1. The van der Waals surface area contributed by atoms with Gasteiger partial charge in [-0.05, 0) is 25.0 Å². The largest absolute Gasteiger partial charge is 0.480 e. The highest BCUT2D eigenvalue weighted by Crippen LogP contribution is 2.29. The molecule has 0 aliphatic heterocycles. The topological polar surface area (TPSA) is 92.7 Å². The highest BCUT2D eigenvalue weighted by atomic mass is 19.4. The van der Waals surface area contributed by atoms with Crippen molar-refractivity contribution in [2.24, 2.45) is 5.92 Å². The second-order valence-corrected chi connectivity index (χ2v) is 5.72. The molecule has 9 heteroatoms. The average molecular weight is 375 g/mol. The predicted octanol–water partition coefficient (Wildman–Crippen LogP) is 2.41. The molecule has 0 aliphatic rings. The molecule has 1 aromatic rings. The molecule has 0 fully saturated rings. The van der Waals surface area contributed by atoms with Gasteiger partial charge in [-0.3, -0.25) is 9.59 Å². The van der Waals surface area contributed by atoms with Crippen LogP contribution in [0.5, 0.6) is 0 Å². The van der Waals surface area contributed by atoms with Gasteiger partial charge in [0.1, 0.15) is 6.04 Å². The van der Waals surface area contributed by atoms with Crippen LogP contribution in [0.15, 0.2) is 24.3 Å².